The Bertz CT molecular complexity index is 576. The van der Waals surface area contributed by atoms with Crippen LogP contribution >= 0.6 is 11.3 Å². The van der Waals surface area contributed by atoms with E-state index in [1.54, 1.807) is 11.3 Å². The molecule has 0 bridgehead atoms. The third-order valence-electron chi connectivity index (χ3n) is 3.18. The Balaban J connectivity index is 2.05. The summed E-state index contributed by atoms with van der Waals surface area (Å²) >= 11 is 1.64. The molecule has 0 aliphatic carbocycles. The van der Waals surface area contributed by atoms with E-state index < -0.39 is 0 Å². The van der Waals surface area contributed by atoms with Crippen LogP contribution in [0.2, 0.25) is 0 Å². The minimum atomic E-state index is 0.0329. The van der Waals surface area contributed by atoms with Crippen molar-refractivity contribution in [2.45, 2.75) is 46.3 Å². The summed E-state index contributed by atoms with van der Waals surface area (Å²) in [6.07, 6.45) is 0. The number of aryl methyl sites for hydroxylation is 1. The van der Waals surface area contributed by atoms with E-state index >= 15 is 0 Å². The molecule has 0 aliphatic rings. The topological polar surface area (TPSA) is 48.1 Å². The minimum absolute atomic E-state index is 0.0329. The van der Waals surface area contributed by atoms with Gasteiger partial charge in [-0.2, -0.15) is 0 Å². The van der Waals surface area contributed by atoms with E-state index in [0.717, 1.165) is 21.3 Å². The van der Waals surface area contributed by atoms with E-state index in [4.69, 9.17) is 10.5 Å². The number of hydrogen-bond donors (Lipinski definition) is 1. The van der Waals surface area contributed by atoms with E-state index in [1.165, 1.54) is 5.56 Å². The standard InChI is InChI=1S/C16H22N2OS/c1-10(2)13-6-5-7-14(8-13)19-9-15-18-12(4)16(20-15)11(3)17/h5-8,10-11H,9,17H2,1-4H3. The molecule has 108 valence electrons. The summed E-state index contributed by atoms with van der Waals surface area (Å²) in [5.74, 6) is 1.40. The highest BCUT2D eigenvalue weighted by molar-refractivity contribution is 7.11. The summed E-state index contributed by atoms with van der Waals surface area (Å²) in [7, 11) is 0. The zero-order valence-corrected chi connectivity index (χ0v) is 13.3. The molecule has 1 aromatic heterocycles. The molecule has 1 atom stereocenters. The number of nitrogens with zero attached hydrogens (tertiary/aromatic N) is 1. The van der Waals surface area contributed by atoms with Gasteiger partial charge in [-0.25, -0.2) is 4.98 Å². The second-order valence-electron chi connectivity index (χ2n) is 5.36. The van der Waals surface area contributed by atoms with Gasteiger partial charge in [-0.1, -0.05) is 26.0 Å². The fraction of sp³-hybridized carbons (Fsp3) is 0.438. The van der Waals surface area contributed by atoms with Gasteiger partial charge in [-0.05, 0) is 37.5 Å². The minimum Gasteiger partial charge on any atom is -0.486 e. The van der Waals surface area contributed by atoms with Crippen molar-refractivity contribution in [2.75, 3.05) is 0 Å². The van der Waals surface area contributed by atoms with Crippen molar-refractivity contribution < 1.29 is 4.74 Å². The van der Waals surface area contributed by atoms with Gasteiger partial charge in [-0.3, -0.25) is 0 Å². The van der Waals surface area contributed by atoms with Crippen molar-refractivity contribution in [3.05, 3.63) is 45.4 Å². The van der Waals surface area contributed by atoms with Gasteiger partial charge in [0, 0.05) is 10.9 Å². The number of thiazole rings is 1. The van der Waals surface area contributed by atoms with Gasteiger partial charge < -0.3 is 10.5 Å². The Morgan fingerprint density at radius 2 is 2.05 bits per heavy atom. The number of rotatable bonds is 5. The van der Waals surface area contributed by atoms with E-state index in [0.29, 0.717) is 12.5 Å². The zero-order valence-electron chi connectivity index (χ0n) is 12.5. The van der Waals surface area contributed by atoms with Crippen LogP contribution in [0, 0.1) is 6.92 Å². The molecule has 4 heteroatoms. The molecule has 1 heterocycles. The summed E-state index contributed by atoms with van der Waals surface area (Å²) in [5.41, 5.74) is 8.22. The van der Waals surface area contributed by atoms with Crippen LogP contribution in [0.1, 0.15) is 53.9 Å². The Labute approximate surface area is 124 Å². The van der Waals surface area contributed by atoms with Crippen molar-refractivity contribution in [2.24, 2.45) is 5.73 Å². The predicted molar refractivity (Wildman–Crippen MR) is 84.3 cm³/mol. The highest BCUT2D eigenvalue weighted by Crippen LogP contribution is 2.25. The van der Waals surface area contributed by atoms with Crippen LogP contribution in [-0.4, -0.2) is 4.98 Å². The van der Waals surface area contributed by atoms with Crippen LogP contribution < -0.4 is 10.5 Å². The van der Waals surface area contributed by atoms with Crippen LogP contribution in [0.4, 0.5) is 0 Å². The average molecular weight is 290 g/mol. The number of benzene rings is 1. The molecule has 0 spiro atoms. The summed E-state index contributed by atoms with van der Waals surface area (Å²) in [6, 6.07) is 8.27. The summed E-state index contributed by atoms with van der Waals surface area (Å²) in [4.78, 5) is 5.66. The van der Waals surface area contributed by atoms with Gasteiger partial charge in [-0.15, -0.1) is 11.3 Å². The van der Waals surface area contributed by atoms with Crippen molar-refractivity contribution in [3.8, 4) is 5.75 Å². The van der Waals surface area contributed by atoms with Crippen LogP contribution in [0.25, 0.3) is 0 Å². The summed E-state index contributed by atoms with van der Waals surface area (Å²) in [5, 5.41) is 0.977. The summed E-state index contributed by atoms with van der Waals surface area (Å²) < 4.78 is 5.84. The first kappa shape index (κ1) is 15.0. The van der Waals surface area contributed by atoms with Gasteiger partial charge >= 0.3 is 0 Å². The van der Waals surface area contributed by atoms with Crippen LogP contribution in [0.3, 0.4) is 0 Å². The maximum Gasteiger partial charge on any atom is 0.140 e. The van der Waals surface area contributed by atoms with Crippen LogP contribution in [0.5, 0.6) is 5.75 Å². The molecule has 0 saturated carbocycles. The van der Waals surface area contributed by atoms with Gasteiger partial charge in [0.2, 0.25) is 0 Å². The number of nitrogens with two attached hydrogens (primary N) is 1. The normalized spacial score (nSPS) is 12.7. The largest absolute Gasteiger partial charge is 0.486 e. The van der Waals surface area contributed by atoms with Gasteiger partial charge in [0.1, 0.15) is 17.4 Å². The molecule has 2 aromatic rings. The van der Waals surface area contributed by atoms with Crippen LogP contribution in [-0.2, 0) is 6.61 Å². The quantitative estimate of drug-likeness (QED) is 0.899. The fourth-order valence-electron chi connectivity index (χ4n) is 2.06. The highest BCUT2D eigenvalue weighted by Gasteiger charge is 2.11. The lowest BCUT2D eigenvalue weighted by Gasteiger charge is -2.08. The molecule has 20 heavy (non-hydrogen) atoms. The zero-order chi connectivity index (χ0) is 14.7. The van der Waals surface area contributed by atoms with Gasteiger partial charge in [0.25, 0.3) is 0 Å². The Kier molecular flexibility index (Phi) is 4.78. The summed E-state index contributed by atoms with van der Waals surface area (Å²) in [6.45, 7) is 8.84. The highest BCUT2D eigenvalue weighted by atomic mass is 32.1. The van der Waals surface area contributed by atoms with Crippen molar-refractivity contribution in [1.82, 2.24) is 4.98 Å². The van der Waals surface area contributed by atoms with E-state index in [1.807, 2.05) is 26.0 Å². The molecule has 3 nitrogen and oxygen atoms in total. The SMILES string of the molecule is Cc1nc(COc2cccc(C(C)C)c2)sc1C(C)N. The average Bonchev–Trinajstić information content (AvgIpc) is 2.78. The number of aromatic nitrogens is 1. The first-order chi connectivity index (χ1) is 9.47. The first-order valence-corrected chi connectivity index (χ1v) is 7.73. The third-order valence-corrected chi connectivity index (χ3v) is 4.51. The second-order valence-corrected chi connectivity index (χ2v) is 6.48. The molecule has 1 aromatic carbocycles. The van der Waals surface area contributed by atoms with E-state index in [9.17, 15) is 0 Å². The van der Waals surface area contributed by atoms with Crippen molar-refractivity contribution in [3.63, 3.8) is 0 Å². The van der Waals surface area contributed by atoms with E-state index in [-0.39, 0.29) is 6.04 Å². The maximum atomic E-state index is 5.92. The molecule has 0 radical (unpaired) electrons. The Hall–Kier alpha value is -1.39. The predicted octanol–water partition coefficient (Wildman–Crippen LogP) is 4.17. The fourth-order valence-corrected chi connectivity index (χ4v) is 2.99. The third kappa shape index (κ3) is 3.58. The maximum absolute atomic E-state index is 5.92. The van der Waals surface area contributed by atoms with Gasteiger partial charge in [0.05, 0.1) is 5.69 Å². The van der Waals surface area contributed by atoms with E-state index in [2.05, 4.69) is 31.0 Å². The lowest BCUT2D eigenvalue weighted by molar-refractivity contribution is 0.305. The lowest BCUT2D eigenvalue weighted by Crippen LogP contribution is -2.03. The number of hydrogen-bond acceptors (Lipinski definition) is 4. The molecular weight excluding hydrogens is 268 g/mol. The van der Waals surface area contributed by atoms with Crippen LogP contribution in [0.15, 0.2) is 24.3 Å². The second kappa shape index (κ2) is 6.37. The Morgan fingerprint density at radius 1 is 1.30 bits per heavy atom. The number of ether oxygens (including phenoxy) is 1. The molecule has 0 fully saturated rings. The van der Waals surface area contributed by atoms with Gasteiger partial charge in [0.15, 0.2) is 0 Å². The molecular formula is C16H22N2OS. The first-order valence-electron chi connectivity index (χ1n) is 6.92. The molecule has 1 unspecified atom stereocenters. The smallest absolute Gasteiger partial charge is 0.140 e. The molecule has 0 amide bonds. The Morgan fingerprint density at radius 3 is 2.65 bits per heavy atom. The lowest BCUT2D eigenvalue weighted by atomic mass is 10.0. The van der Waals surface area contributed by atoms with Crippen molar-refractivity contribution in [1.29, 1.82) is 0 Å². The molecule has 0 aliphatic heterocycles. The monoisotopic (exact) mass is 290 g/mol. The molecule has 0 saturated heterocycles. The molecule has 2 N–H and O–H groups in total. The van der Waals surface area contributed by atoms with Crippen molar-refractivity contribution >= 4 is 11.3 Å². The molecule has 2 rings (SSSR count).